The van der Waals surface area contributed by atoms with E-state index in [-0.39, 0.29) is 11.7 Å². The lowest BCUT2D eigenvalue weighted by Crippen LogP contribution is -2.24. The molecule has 3 atom stereocenters. The minimum absolute atomic E-state index is 0.160. The number of oxime groups is 1. The second-order valence-corrected chi connectivity index (χ2v) is 4.57. The van der Waals surface area contributed by atoms with Crippen LogP contribution in [0.25, 0.3) is 0 Å². The van der Waals surface area contributed by atoms with Crippen LogP contribution < -0.4 is 0 Å². The van der Waals surface area contributed by atoms with Gasteiger partial charge in [-0.05, 0) is 31.6 Å². The molecule has 0 radical (unpaired) electrons. The highest BCUT2D eigenvalue weighted by atomic mass is 16.6. The lowest BCUT2D eigenvalue weighted by molar-refractivity contribution is -0.122. The van der Waals surface area contributed by atoms with Crippen molar-refractivity contribution in [2.24, 2.45) is 22.9 Å². The first-order chi connectivity index (χ1) is 8.04. The molecule has 98 valence electrons. The van der Waals surface area contributed by atoms with Crippen LogP contribution in [0.15, 0.2) is 17.8 Å². The van der Waals surface area contributed by atoms with Crippen molar-refractivity contribution in [3.05, 3.63) is 12.7 Å². The van der Waals surface area contributed by atoms with Crippen LogP contribution in [0.1, 0.15) is 40.5 Å². The minimum atomic E-state index is 0.160. The van der Waals surface area contributed by atoms with E-state index in [2.05, 4.69) is 32.5 Å². The zero-order valence-electron chi connectivity index (χ0n) is 11.5. The summed E-state index contributed by atoms with van der Waals surface area (Å²) >= 11 is 0. The van der Waals surface area contributed by atoms with Gasteiger partial charge in [-0.2, -0.15) is 0 Å². The molecule has 3 nitrogen and oxygen atoms in total. The summed E-state index contributed by atoms with van der Waals surface area (Å²) in [5.41, 5.74) is 0. The summed E-state index contributed by atoms with van der Waals surface area (Å²) in [6.45, 7) is 12.0. The van der Waals surface area contributed by atoms with Crippen molar-refractivity contribution in [1.82, 2.24) is 0 Å². The van der Waals surface area contributed by atoms with Crippen LogP contribution in [0, 0.1) is 17.8 Å². The quantitative estimate of drug-likeness (QED) is 0.267. The molecule has 0 saturated heterocycles. The number of carbonyl (C=O) groups excluding carboxylic acids is 1. The van der Waals surface area contributed by atoms with E-state index in [4.69, 9.17) is 4.84 Å². The average molecular weight is 239 g/mol. The van der Waals surface area contributed by atoms with Gasteiger partial charge in [0.1, 0.15) is 12.4 Å². The molecule has 0 saturated carbocycles. The Balaban J connectivity index is 4.11. The number of Topliss-reactive ketones (excluding diaryl/α,β-unsaturated/α-hetero) is 1. The minimum Gasteiger partial charge on any atom is -0.392 e. The lowest BCUT2D eigenvalue weighted by Gasteiger charge is -2.25. The third kappa shape index (κ3) is 6.25. The van der Waals surface area contributed by atoms with Gasteiger partial charge in [-0.25, -0.2) is 0 Å². The fraction of sp³-hybridized carbons (Fsp3) is 0.714. The zero-order chi connectivity index (χ0) is 13.3. The number of nitrogens with zero attached hydrogens (tertiary/aromatic N) is 1. The van der Waals surface area contributed by atoms with E-state index >= 15 is 0 Å². The van der Waals surface area contributed by atoms with E-state index in [1.54, 1.807) is 19.2 Å². The molecule has 0 aromatic heterocycles. The molecule has 0 aliphatic rings. The van der Waals surface area contributed by atoms with Crippen molar-refractivity contribution >= 4 is 12.0 Å². The Morgan fingerprint density at radius 1 is 1.47 bits per heavy atom. The first kappa shape index (κ1) is 15.9. The van der Waals surface area contributed by atoms with E-state index in [1.807, 2.05) is 0 Å². The molecular formula is C14H25NO2. The van der Waals surface area contributed by atoms with Crippen molar-refractivity contribution in [1.29, 1.82) is 0 Å². The van der Waals surface area contributed by atoms with Gasteiger partial charge in [-0.15, -0.1) is 0 Å². The predicted molar refractivity (Wildman–Crippen MR) is 72.0 cm³/mol. The molecule has 1 unspecified atom stereocenters. The predicted octanol–water partition coefficient (Wildman–Crippen LogP) is 3.45. The maximum absolute atomic E-state index is 11.5. The van der Waals surface area contributed by atoms with Gasteiger partial charge >= 0.3 is 0 Å². The number of rotatable bonds is 9. The number of carbonyl (C=O) groups is 1. The zero-order valence-corrected chi connectivity index (χ0v) is 11.5. The average Bonchev–Trinajstić information content (AvgIpc) is 2.28. The Bertz CT molecular complexity index is 261. The molecule has 0 fully saturated rings. The molecule has 0 aromatic rings. The molecule has 0 heterocycles. The van der Waals surface area contributed by atoms with Crippen LogP contribution in [0.5, 0.6) is 0 Å². The second kappa shape index (κ2) is 8.97. The molecule has 0 N–H and O–H groups in total. The van der Waals surface area contributed by atoms with Gasteiger partial charge < -0.3 is 4.84 Å². The van der Waals surface area contributed by atoms with Crippen LogP contribution >= 0.6 is 0 Å². The highest BCUT2D eigenvalue weighted by molar-refractivity contribution is 5.78. The largest absolute Gasteiger partial charge is 0.392 e. The van der Waals surface area contributed by atoms with Crippen LogP contribution in [-0.2, 0) is 9.63 Å². The molecule has 17 heavy (non-hydrogen) atoms. The Hall–Kier alpha value is -1.12. The lowest BCUT2D eigenvalue weighted by atomic mass is 9.79. The van der Waals surface area contributed by atoms with Crippen LogP contribution in [0.2, 0.25) is 0 Å². The normalized spacial score (nSPS) is 16.5. The molecule has 0 rings (SSSR count). The summed E-state index contributed by atoms with van der Waals surface area (Å²) in [7, 11) is 0. The standard InChI is InChI=1S/C14H25NO2/c1-6-10-17-15-9-8-11(3)12(4)14(7-2)13(5)16/h6,9,11-12,14H,1,7-8,10H2,2-5H3/b15-9+/t11-,12?,14+/m1/s1. The molecule has 3 heteroatoms. The van der Waals surface area contributed by atoms with Crippen molar-refractivity contribution in [2.75, 3.05) is 6.61 Å². The summed E-state index contributed by atoms with van der Waals surface area (Å²) in [6.07, 6.45) is 5.18. The van der Waals surface area contributed by atoms with E-state index in [0.29, 0.717) is 18.4 Å². The number of hydrogen-bond acceptors (Lipinski definition) is 3. The number of hydrogen-bond donors (Lipinski definition) is 0. The van der Waals surface area contributed by atoms with Gasteiger partial charge in [-0.1, -0.05) is 38.6 Å². The molecule has 0 aliphatic carbocycles. The fourth-order valence-electron chi connectivity index (χ4n) is 2.00. The summed E-state index contributed by atoms with van der Waals surface area (Å²) in [6, 6.07) is 0. The van der Waals surface area contributed by atoms with Crippen molar-refractivity contribution in [3.63, 3.8) is 0 Å². The van der Waals surface area contributed by atoms with Gasteiger partial charge in [0.2, 0.25) is 0 Å². The third-order valence-electron chi connectivity index (χ3n) is 3.31. The second-order valence-electron chi connectivity index (χ2n) is 4.57. The van der Waals surface area contributed by atoms with Crippen molar-refractivity contribution in [2.45, 2.75) is 40.5 Å². The van der Waals surface area contributed by atoms with Crippen molar-refractivity contribution < 1.29 is 9.63 Å². The van der Waals surface area contributed by atoms with Gasteiger partial charge in [0, 0.05) is 12.1 Å². The van der Waals surface area contributed by atoms with Gasteiger partial charge in [0.05, 0.1) is 0 Å². The molecular weight excluding hydrogens is 214 g/mol. The molecule has 0 amide bonds. The Labute approximate surface area is 105 Å². The third-order valence-corrected chi connectivity index (χ3v) is 3.31. The van der Waals surface area contributed by atoms with E-state index in [1.165, 1.54) is 0 Å². The van der Waals surface area contributed by atoms with E-state index < -0.39 is 0 Å². The molecule has 0 bridgehead atoms. The summed E-state index contributed by atoms with van der Waals surface area (Å²) in [5.74, 6) is 1.25. The van der Waals surface area contributed by atoms with Gasteiger partial charge in [-0.3, -0.25) is 4.79 Å². The SMILES string of the molecule is C=CCO/N=C/C[C@@H](C)C(C)[C@H](CC)C(C)=O. The molecule has 0 spiro atoms. The van der Waals surface area contributed by atoms with Crippen LogP contribution in [0.3, 0.4) is 0 Å². The monoisotopic (exact) mass is 239 g/mol. The van der Waals surface area contributed by atoms with E-state index in [0.717, 1.165) is 12.8 Å². The highest BCUT2D eigenvalue weighted by Crippen LogP contribution is 2.26. The smallest absolute Gasteiger partial charge is 0.135 e. The maximum Gasteiger partial charge on any atom is 0.135 e. The first-order valence-corrected chi connectivity index (χ1v) is 6.29. The summed E-state index contributed by atoms with van der Waals surface area (Å²) in [5, 5.41) is 3.83. The Morgan fingerprint density at radius 3 is 2.59 bits per heavy atom. The van der Waals surface area contributed by atoms with Gasteiger partial charge in [0.25, 0.3) is 0 Å². The van der Waals surface area contributed by atoms with E-state index in [9.17, 15) is 4.79 Å². The summed E-state index contributed by atoms with van der Waals surface area (Å²) in [4.78, 5) is 16.4. The number of ketones is 1. The van der Waals surface area contributed by atoms with Crippen LogP contribution in [0.4, 0.5) is 0 Å². The first-order valence-electron chi connectivity index (χ1n) is 6.29. The Morgan fingerprint density at radius 2 is 2.12 bits per heavy atom. The fourth-order valence-corrected chi connectivity index (χ4v) is 2.00. The Kier molecular flexibility index (Phi) is 8.38. The summed E-state index contributed by atoms with van der Waals surface area (Å²) < 4.78 is 0. The van der Waals surface area contributed by atoms with Crippen LogP contribution in [-0.4, -0.2) is 18.6 Å². The van der Waals surface area contributed by atoms with Gasteiger partial charge in [0.15, 0.2) is 0 Å². The highest BCUT2D eigenvalue weighted by Gasteiger charge is 2.24. The molecule has 0 aliphatic heterocycles. The topological polar surface area (TPSA) is 38.7 Å². The maximum atomic E-state index is 11.5. The molecule has 0 aromatic carbocycles. The van der Waals surface area contributed by atoms with Crippen molar-refractivity contribution in [3.8, 4) is 0 Å².